The van der Waals surface area contributed by atoms with Crippen LogP contribution in [0, 0.1) is 5.92 Å². The summed E-state index contributed by atoms with van der Waals surface area (Å²) in [6.45, 7) is 6.73. The molecule has 0 amide bonds. The summed E-state index contributed by atoms with van der Waals surface area (Å²) < 4.78 is 0. The molecule has 1 atom stereocenters. The van der Waals surface area contributed by atoms with E-state index in [0.717, 1.165) is 6.54 Å². The Morgan fingerprint density at radius 2 is 2.57 bits per heavy atom. The summed E-state index contributed by atoms with van der Waals surface area (Å²) in [6.07, 6.45) is 1.92. The highest BCUT2D eigenvalue weighted by Gasteiger charge is 2.13. The number of rotatable bonds is 2. The van der Waals surface area contributed by atoms with Gasteiger partial charge in [0.1, 0.15) is 0 Å². The average Bonchev–Trinajstić information content (AvgIpc) is 2.44. The fourth-order valence-corrected chi connectivity index (χ4v) is 0.470. The molecule has 1 heterocycles. The van der Waals surface area contributed by atoms with E-state index in [2.05, 4.69) is 18.5 Å². The van der Waals surface area contributed by atoms with Gasteiger partial charge in [-0.15, -0.1) is 6.58 Å². The minimum atomic E-state index is 0.528. The van der Waals surface area contributed by atoms with E-state index in [1.165, 1.54) is 5.71 Å². The molecule has 1 aliphatic heterocycles. The summed E-state index contributed by atoms with van der Waals surface area (Å²) in [4.78, 5) is 4.02. The second-order valence-electron chi connectivity index (χ2n) is 1.83. The SMILES string of the molecule is C=CC(C)C1=NC1. The normalized spacial score (nSPS) is 20.4. The van der Waals surface area contributed by atoms with Crippen LogP contribution in [0.3, 0.4) is 0 Å². The van der Waals surface area contributed by atoms with Crippen LogP contribution in [-0.2, 0) is 0 Å². The summed E-state index contributed by atoms with van der Waals surface area (Å²) in [7, 11) is 0. The van der Waals surface area contributed by atoms with E-state index in [1.807, 2.05) is 6.08 Å². The van der Waals surface area contributed by atoms with E-state index >= 15 is 0 Å². The zero-order chi connectivity index (χ0) is 5.28. The average molecular weight is 95.1 g/mol. The number of hydrogen-bond acceptors (Lipinski definition) is 1. The van der Waals surface area contributed by atoms with E-state index in [9.17, 15) is 0 Å². The molecule has 0 aliphatic carbocycles. The number of aliphatic imine (C=N–C) groups is 1. The van der Waals surface area contributed by atoms with Gasteiger partial charge in [-0.2, -0.15) is 0 Å². The van der Waals surface area contributed by atoms with Crippen molar-refractivity contribution < 1.29 is 0 Å². The van der Waals surface area contributed by atoms with Gasteiger partial charge in [0.2, 0.25) is 0 Å². The standard InChI is InChI=1S/C6H9N/c1-3-5(2)6-4-7-6/h3,5H,1,4H2,2H3. The van der Waals surface area contributed by atoms with E-state index in [1.54, 1.807) is 0 Å². The van der Waals surface area contributed by atoms with E-state index in [-0.39, 0.29) is 0 Å². The quantitative estimate of drug-likeness (QED) is 0.458. The van der Waals surface area contributed by atoms with Crippen molar-refractivity contribution in [2.45, 2.75) is 6.92 Å². The molecule has 7 heavy (non-hydrogen) atoms. The highest BCUT2D eigenvalue weighted by Crippen LogP contribution is 2.09. The van der Waals surface area contributed by atoms with Crippen molar-refractivity contribution in [3.05, 3.63) is 12.7 Å². The molecule has 0 aromatic rings. The fourth-order valence-electron chi connectivity index (χ4n) is 0.470. The molecule has 0 saturated carbocycles. The highest BCUT2D eigenvalue weighted by molar-refractivity contribution is 5.99. The van der Waals surface area contributed by atoms with Gasteiger partial charge in [0.25, 0.3) is 0 Å². The first kappa shape index (κ1) is 4.57. The molecule has 0 fully saturated rings. The minimum absolute atomic E-state index is 0.528. The van der Waals surface area contributed by atoms with E-state index in [0.29, 0.717) is 5.92 Å². The maximum absolute atomic E-state index is 4.02. The second-order valence-corrected chi connectivity index (χ2v) is 1.83. The molecule has 38 valence electrons. The van der Waals surface area contributed by atoms with E-state index in [4.69, 9.17) is 0 Å². The Hall–Kier alpha value is -0.590. The third kappa shape index (κ3) is 0.889. The topological polar surface area (TPSA) is 12.4 Å². The third-order valence-corrected chi connectivity index (χ3v) is 1.22. The monoisotopic (exact) mass is 95.1 g/mol. The van der Waals surface area contributed by atoms with Gasteiger partial charge in [-0.25, -0.2) is 0 Å². The van der Waals surface area contributed by atoms with Crippen LogP contribution in [0.5, 0.6) is 0 Å². The van der Waals surface area contributed by atoms with Gasteiger partial charge in [0, 0.05) is 11.6 Å². The molecule has 0 saturated heterocycles. The van der Waals surface area contributed by atoms with E-state index < -0.39 is 0 Å². The molecule has 1 aliphatic rings. The van der Waals surface area contributed by atoms with Gasteiger partial charge in [-0.1, -0.05) is 13.0 Å². The Morgan fingerprint density at radius 1 is 2.00 bits per heavy atom. The Morgan fingerprint density at radius 3 is 2.71 bits per heavy atom. The Bertz CT molecular complexity index is 113. The van der Waals surface area contributed by atoms with Crippen molar-refractivity contribution in [2.75, 3.05) is 6.54 Å². The largest absolute Gasteiger partial charge is 0.286 e. The molecule has 0 N–H and O–H groups in total. The zero-order valence-corrected chi connectivity index (χ0v) is 4.52. The van der Waals surface area contributed by atoms with Crippen LogP contribution in [0.2, 0.25) is 0 Å². The Labute approximate surface area is 43.8 Å². The molecule has 0 aromatic heterocycles. The summed E-state index contributed by atoms with van der Waals surface area (Å²) in [5.41, 5.74) is 1.30. The first-order valence-corrected chi connectivity index (χ1v) is 2.50. The van der Waals surface area contributed by atoms with Gasteiger partial charge in [0.05, 0.1) is 6.54 Å². The number of hydrogen-bond donors (Lipinski definition) is 0. The second kappa shape index (κ2) is 1.49. The van der Waals surface area contributed by atoms with Crippen LogP contribution in [0.1, 0.15) is 6.92 Å². The predicted octanol–water partition coefficient (Wildman–Crippen LogP) is 1.26. The van der Waals surface area contributed by atoms with Gasteiger partial charge < -0.3 is 0 Å². The summed E-state index contributed by atoms with van der Waals surface area (Å²) in [5.74, 6) is 0.528. The first-order chi connectivity index (χ1) is 3.34. The van der Waals surface area contributed by atoms with Crippen molar-refractivity contribution in [3.63, 3.8) is 0 Å². The lowest BCUT2D eigenvalue weighted by Crippen LogP contribution is -1.94. The summed E-state index contributed by atoms with van der Waals surface area (Å²) in [6, 6.07) is 0. The maximum Gasteiger partial charge on any atom is 0.0774 e. The van der Waals surface area contributed by atoms with Crippen LogP contribution in [0.25, 0.3) is 0 Å². The first-order valence-electron chi connectivity index (χ1n) is 2.50. The highest BCUT2D eigenvalue weighted by atomic mass is 14.9. The molecule has 1 rings (SSSR count). The molecular formula is C6H9N. The lowest BCUT2D eigenvalue weighted by molar-refractivity contribution is 1.02. The van der Waals surface area contributed by atoms with Gasteiger partial charge in [-0.3, -0.25) is 4.99 Å². The van der Waals surface area contributed by atoms with Crippen LogP contribution < -0.4 is 0 Å². The molecular weight excluding hydrogens is 86.1 g/mol. The molecule has 0 bridgehead atoms. The molecule has 0 aromatic carbocycles. The van der Waals surface area contributed by atoms with Crippen molar-refractivity contribution in [3.8, 4) is 0 Å². The Kier molecular flexibility index (Phi) is 0.970. The molecule has 0 radical (unpaired) electrons. The Balaban J connectivity index is 2.37. The molecule has 1 nitrogen and oxygen atoms in total. The molecule has 1 heteroatoms. The lowest BCUT2D eigenvalue weighted by Gasteiger charge is -1.90. The lowest BCUT2D eigenvalue weighted by atomic mass is 10.1. The molecule has 0 spiro atoms. The summed E-state index contributed by atoms with van der Waals surface area (Å²) >= 11 is 0. The van der Waals surface area contributed by atoms with Crippen molar-refractivity contribution >= 4 is 5.71 Å². The van der Waals surface area contributed by atoms with Crippen molar-refractivity contribution in [2.24, 2.45) is 10.9 Å². The molecule has 1 unspecified atom stereocenters. The third-order valence-electron chi connectivity index (χ3n) is 1.22. The van der Waals surface area contributed by atoms with Gasteiger partial charge in [-0.05, 0) is 0 Å². The minimum Gasteiger partial charge on any atom is -0.286 e. The van der Waals surface area contributed by atoms with Crippen LogP contribution in [0.15, 0.2) is 17.6 Å². The maximum atomic E-state index is 4.02. The van der Waals surface area contributed by atoms with Crippen molar-refractivity contribution in [1.29, 1.82) is 0 Å². The van der Waals surface area contributed by atoms with Gasteiger partial charge in [0.15, 0.2) is 0 Å². The predicted molar refractivity (Wildman–Crippen MR) is 31.7 cm³/mol. The van der Waals surface area contributed by atoms with Crippen molar-refractivity contribution in [1.82, 2.24) is 0 Å². The van der Waals surface area contributed by atoms with Gasteiger partial charge >= 0.3 is 0 Å². The fraction of sp³-hybridized carbons (Fsp3) is 0.500. The van der Waals surface area contributed by atoms with Crippen LogP contribution in [-0.4, -0.2) is 12.3 Å². The van der Waals surface area contributed by atoms with Crippen LogP contribution >= 0.6 is 0 Å². The summed E-state index contributed by atoms with van der Waals surface area (Å²) in [5, 5.41) is 0. The smallest absolute Gasteiger partial charge is 0.0774 e. The zero-order valence-electron chi connectivity index (χ0n) is 4.52. The van der Waals surface area contributed by atoms with Crippen LogP contribution in [0.4, 0.5) is 0 Å². The number of allylic oxidation sites excluding steroid dienone is 1. The number of nitrogens with zero attached hydrogens (tertiary/aromatic N) is 1.